The van der Waals surface area contributed by atoms with Crippen LogP contribution in [0, 0.1) is 5.82 Å². The molecule has 0 aromatic heterocycles. The molecule has 0 heterocycles. The van der Waals surface area contributed by atoms with Crippen LogP contribution in [0.3, 0.4) is 0 Å². The number of anilines is 1. The Kier molecular flexibility index (Phi) is 5.78. The van der Waals surface area contributed by atoms with E-state index < -0.39 is 5.82 Å². The van der Waals surface area contributed by atoms with Crippen molar-refractivity contribution >= 4 is 11.5 Å². The van der Waals surface area contributed by atoms with Gasteiger partial charge in [-0.25, -0.2) is 4.39 Å². The number of Topliss-reactive ketones (excluding diaryl/α,β-unsaturated/α-hetero) is 1. The lowest BCUT2D eigenvalue weighted by Gasteiger charge is -2.26. The zero-order valence-corrected chi connectivity index (χ0v) is 10.9. The minimum Gasteiger partial charge on any atom is -0.395 e. The molecule has 0 amide bonds. The van der Waals surface area contributed by atoms with E-state index in [1.807, 2.05) is 6.92 Å². The monoisotopic (exact) mass is 253 g/mol. The summed E-state index contributed by atoms with van der Waals surface area (Å²) >= 11 is 0. The Hall–Kier alpha value is -1.42. The van der Waals surface area contributed by atoms with Gasteiger partial charge in [0.2, 0.25) is 0 Å². The molecule has 0 unspecified atom stereocenters. The maximum atomic E-state index is 13.9. The van der Waals surface area contributed by atoms with Gasteiger partial charge >= 0.3 is 0 Å². The number of rotatable bonds is 7. The fourth-order valence-corrected chi connectivity index (χ4v) is 1.93. The third-order valence-electron chi connectivity index (χ3n) is 2.83. The van der Waals surface area contributed by atoms with Gasteiger partial charge in [-0.05, 0) is 25.5 Å². The van der Waals surface area contributed by atoms with Crippen LogP contribution in [0.15, 0.2) is 18.2 Å². The predicted octanol–water partition coefficient (Wildman–Crippen LogP) is 2.63. The summed E-state index contributed by atoms with van der Waals surface area (Å²) in [5.41, 5.74) is 0.687. The predicted molar refractivity (Wildman–Crippen MR) is 70.6 cm³/mol. The van der Waals surface area contributed by atoms with Crippen LogP contribution in [0.4, 0.5) is 10.1 Å². The van der Waals surface area contributed by atoms with E-state index in [0.717, 1.165) is 12.8 Å². The Morgan fingerprint density at radius 1 is 1.39 bits per heavy atom. The Balaban J connectivity index is 3.12. The van der Waals surface area contributed by atoms with Gasteiger partial charge in [-0.3, -0.25) is 4.79 Å². The van der Waals surface area contributed by atoms with E-state index in [1.54, 1.807) is 11.0 Å². The molecule has 0 aliphatic rings. The van der Waals surface area contributed by atoms with Crippen molar-refractivity contribution in [1.82, 2.24) is 0 Å². The first-order chi connectivity index (χ1) is 8.61. The minimum atomic E-state index is -0.410. The van der Waals surface area contributed by atoms with Crippen LogP contribution in [0.2, 0.25) is 0 Å². The number of ketones is 1. The molecule has 0 spiro atoms. The first kappa shape index (κ1) is 14.6. The maximum absolute atomic E-state index is 13.9. The second kappa shape index (κ2) is 7.11. The number of hydrogen-bond donors (Lipinski definition) is 1. The molecular weight excluding hydrogens is 233 g/mol. The van der Waals surface area contributed by atoms with E-state index >= 15 is 0 Å². The Morgan fingerprint density at radius 3 is 2.67 bits per heavy atom. The zero-order chi connectivity index (χ0) is 13.5. The first-order valence-corrected chi connectivity index (χ1v) is 6.27. The molecule has 0 fully saturated rings. The molecule has 0 aliphatic heterocycles. The minimum absolute atomic E-state index is 0.0601. The molecule has 0 aliphatic carbocycles. The van der Waals surface area contributed by atoms with Crippen molar-refractivity contribution in [2.45, 2.75) is 26.7 Å². The zero-order valence-electron chi connectivity index (χ0n) is 10.9. The third kappa shape index (κ3) is 3.53. The molecule has 3 nitrogen and oxygen atoms in total. The number of aliphatic hydroxyl groups is 1. The Labute approximate surface area is 107 Å². The number of hydrogen-bond acceptors (Lipinski definition) is 3. The van der Waals surface area contributed by atoms with Gasteiger partial charge in [0.1, 0.15) is 5.82 Å². The largest absolute Gasteiger partial charge is 0.395 e. The van der Waals surface area contributed by atoms with E-state index in [9.17, 15) is 9.18 Å². The molecule has 100 valence electrons. The second-order valence-corrected chi connectivity index (χ2v) is 4.26. The topological polar surface area (TPSA) is 40.5 Å². The molecule has 0 bridgehead atoms. The first-order valence-electron chi connectivity index (χ1n) is 6.27. The number of carbonyl (C=O) groups excluding carboxylic acids is 1. The number of halogens is 1. The summed E-state index contributed by atoms with van der Waals surface area (Å²) in [7, 11) is 0. The fourth-order valence-electron chi connectivity index (χ4n) is 1.93. The van der Waals surface area contributed by atoms with Crippen molar-refractivity contribution in [3.05, 3.63) is 29.6 Å². The summed E-state index contributed by atoms with van der Waals surface area (Å²) in [4.78, 5) is 13.3. The summed E-state index contributed by atoms with van der Waals surface area (Å²) < 4.78 is 13.9. The Morgan fingerprint density at radius 2 is 2.11 bits per heavy atom. The molecule has 0 saturated heterocycles. The molecule has 1 aromatic carbocycles. The Bertz CT molecular complexity index is 407. The second-order valence-electron chi connectivity index (χ2n) is 4.26. The van der Waals surface area contributed by atoms with Crippen molar-refractivity contribution in [2.75, 3.05) is 24.6 Å². The fraction of sp³-hybridized carbons (Fsp3) is 0.500. The van der Waals surface area contributed by atoms with Crippen LogP contribution in [-0.4, -0.2) is 30.6 Å². The van der Waals surface area contributed by atoms with E-state index in [2.05, 4.69) is 0 Å². The standard InChI is InChI=1S/C14H20FNO2/c1-3-4-8-16(9-10-17)14-12(11(2)18)6-5-7-13(14)15/h5-7,17H,3-4,8-10H2,1-2H3. The number of para-hydroxylation sites is 1. The lowest BCUT2D eigenvalue weighted by molar-refractivity contribution is 0.101. The van der Waals surface area contributed by atoms with Crippen molar-refractivity contribution in [2.24, 2.45) is 0 Å². The van der Waals surface area contributed by atoms with E-state index in [4.69, 9.17) is 5.11 Å². The number of unbranched alkanes of at least 4 members (excludes halogenated alkanes) is 1. The van der Waals surface area contributed by atoms with Crippen molar-refractivity contribution in [3.8, 4) is 0 Å². The van der Waals surface area contributed by atoms with E-state index in [0.29, 0.717) is 24.3 Å². The van der Waals surface area contributed by atoms with Gasteiger partial charge in [0.15, 0.2) is 5.78 Å². The third-order valence-corrected chi connectivity index (χ3v) is 2.83. The van der Waals surface area contributed by atoms with Crippen molar-refractivity contribution in [1.29, 1.82) is 0 Å². The van der Waals surface area contributed by atoms with Gasteiger partial charge in [0.05, 0.1) is 12.3 Å². The van der Waals surface area contributed by atoms with Gasteiger partial charge in [-0.2, -0.15) is 0 Å². The average Bonchev–Trinajstić information content (AvgIpc) is 2.34. The van der Waals surface area contributed by atoms with Crippen molar-refractivity contribution < 1.29 is 14.3 Å². The lowest BCUT2D eigenvalue weighted by Crippen LogP contribution is -2.30. The van der Waals surface area contributed by atoms with E-state index in [-0.39, 0.29) is 12.4 Å². The van der Waals surface area contributed by atoms with Crippen LogP contribution in [-0.2, 0) is 0 Å². The number of benzene rings is 1. The molecule has 0 atom stereocenters. The van der Waals surface area contributed by atoms with Gasteiger partial charge in [-0.15, -0.1) is 0 Å². The molecule has 18 heavy (non-hydrogen) atoms. The quantitative estimate of drug-likeness (QED) is 0.759. The molecule has 0 radical (unpaired) electrons. The molecule has 1 N–H and O–H groups in total. The summed E-state index contributed by atoms with van der Waals surface area (Å²) in [5, 5.41) is 9.07. The van der Waals surface area contributed by atoms with Gasteiger partial charge in [-0.1, -0.05) is 19.4 Å². The summed E-state index contributed by atoms with van der Waals surface area (Å²) in [5.74, 6) is -0.573. The lowest BCUT2D eigenvalue weighted by atomic mass is 10.1. The highest BCUT2D eigenvalue weighted by atomic mass is 19.1. The van der Waals surface area contributed by atoms with Crippen LogP contribution in [0.1, 0.15) is 37.0 Å². The highest BCUT2D eigenvalue weighted by Crippen LogP contribution is 2.25. The van der Waals surface area contributed by atoms with Crippen LogP contribution >= 0.6 is 0 Å². The maximum Gasteiger partial charge on any atom is 0.161 e. The summed E-state index contributed by atoms with van der Waals surface area (Å²) in [6.45, 7) is 4.38. The molecule has 0 saturated carbocycles. The van der Waals surface area contributed by atoms with E-state index in [1.165, 1.54) is 19.1 Å². The highest BCUT2D eigenvalue weighted by Gasteiger charge is 2.17. The molecule has 4 heteroatoms. The smallest absolute Gasteiger partial charge is 0.161 e. The number of nitrogens with zero attached hydrogens (tertiary/aromatic N) is 1. The summed E-state index contributed by atoms with van der Waals surface area (Å²) in [6.07, 6.45) is 1.87. The molecule has 1 aromatic rings. The summed E-state index contributed by atoms with van der Waals surface area (Å²) in [6, 6.07) is 4.50. The van der Waals surface area contributed by atoms with Crippen molar-refractivity contribution in [3.63, 3.8) is 0 Å². The number of carbonyl (C=O) groups is 1. The molecular formula is C14H20FNO2. The van der Waals surface area contributed by atoms with Gasteiger partial charge in [0, 0.05) is 18.7 Å². The molecule has 1 rings (SSSR count). The van der Waals surface area contributed by atoms with Crippen LogP contribution in [0.5, 0.6) is 0 Å². The highest BCUT2D eigenvalue weighted by molar-refractivity contribution is 5.99. The number of aliphatic hydroxyl groups excluding tert-OH is 1. The average molecular weight is 253 g/mol. The SMILES string of the molecule is CCCCN(CCO)c1c(F)cccc1C(C)=O. The van der Waals surface area contributed by atoms with Gasteiger partial charge in [0.25, 0.3) is 0 Å². The van der Waals surface area contributed by atoms with Crippen LogP contribution in [0.25, 0.3) is 0 Å². The van der Waals surface area contributed by atoms with Crippen LogP contribution < -0.4 is 4.90 Å². The normalized spacial score (nSPS) is 10.4. The van der Waals surface area contributed by atoms with Gasteiger partial charge < -0.3 is 10.0 Å².